The lowest BCUT2D eigenvalue weighted by molar-refractivity contribution is 0.411. The van der Waals surface area contributed by atoms with Gasteiger partial charge >= 0.3 is 0 Å². The minimum atomic E-state index is 0.120. The van der Waals surface area contributed by atoms with E-state index in [0.717, 1.165) is 21.7 Å². The third-order valence-corrected chi connectivity index (χ3v) is 5.93. The second kappa shape index (κ2) is 6.80. The number of hydrogen-bond acceptors (Lipinski definition) is 5. The summed E-state index contributed by atoms with van der Waals surface area (Å²) < 4.78 is 0. The molecule has 1 aromatic heterocycles. The molecule has 1 aliphatic heterocycles. The van der Waals surface area contributed by atoms with E-state index in [0.29, 0.717) is 16.3 Å². The summed E-state index contributed by atoms with van der Waals surface area (Å²) in [5.74, 6) is 0.476. The normalized spacial score (nSPS) is 14.2. The summed E-state index contributed by atoms with van der Waals surface area (Å²) in [6, 6.07) is 13.4. The second-order valence-corrected chi connectivity index (χ2v) is 8.22. The third-order valence-electron chi connectivity index (χ3n) is 4.94. The van der Waals surface area contributed by atoms with Gasteiger partial charge in [0.25, 0.3) is 0 Å². The number of aliphatic hydroxyl groups excluding tert-OH is 1. The Morgan fingerprint density at radius 1 is 1.04 bits per heavy atom. The van der Waals surface area contributed by atoms with Crippen molar-refractivity contribution in [3.05, 3.63) is 69.2 Å². The van der Waals surface area contributed by atoms with Crippen molar-refractivity contribution in [3.8, 4) is 17.0 Å². The van der Waals surface area contributed by atoms with E-state index in [-0.39, 0.29) is 23.9 Å². The van der Waals surface area contributed by atoms with Crippen LogP contribution in [0.25, 0.3) is 16.8 Å². The first-order valence-corrected chi connectivity index (χ1v) is 9.80. The molecule has 0 saturated carbocycles. The lowest BCUT2D eigenvalue weighted by atomic mass is 10.1. The summed E-state index contributed by atoms with van der Waals surface area (Å²) in [6.45, 7) is 6.06. The molecule has 0 radical (unpaired) electrons. The molecule has 3 aromatic rings. The lowest BCUT2D eigenvalue weighted by Gasteiger charge is -2.19. The average Bonchev–Trinajstić information content (AvgIpc) is 3.17. The number of phenolic OH excluding ortho intramolecular Hbond substituents is 1. The fraction of sp³-hybridized carbons (Fsp3) is 0.182. The maximum atomic E-state index is 10.6. The van der Waals surface area contributed by atoms with Crippen LogP contribution in [-0.2, 0) is 0 Å². The van der Waals surface area contributed by atoms with Crippen molar-refractivity contribution in [2.24, 2.45) is 0 Å². The molecule has 0 atom stereocenters. The molecular weight excluding hydrogens is 370 g/mol. The Morgan fingerprint density at radius 2 is 1.75 bits per heavy atom. The number of hydrogen-bond donors (Lipinski definition) is 3. The predicted octanol–water partition coefficient (Wildman–Crippen LogP) is 5.21. The number of benzene rings is 2. The molecule has 1 aliphatic rings. The zero-order valence-corrected chi connectivity index (χ0v) is 16.8. The van der Waals surface area contributed by atoms with Gasteiger partial charge in [0.05, 0.1) is 17.8 Å². The molecule has 142 valence electrons. The molecule has 0 bridgehead atoms. The number of nitrogens with one attached hydrogen (secondary N) is 1. The van der Waals surface area contributed by atoms with Crippen molar-refractivity contribution in [1.29, 1.82) is 5.41 Å². The molecule has 0 unspecified atom stereocenters. The van der Waals surface area contributed by atoms with Gasteiger partial charge in [-0.05, 0) is 32.4 Å². The van der Waals surface area contributed by atoms with Crippen LogP contribution in [0.2, 0.25) is 0 Å². The summed E-state index contributed by atoms with van der Waals surface area (Å²) in [4.78, 5) is 7.45. The van der Waals surface area contributed by atoms with Crippen LogP contribution >= 0.6 is 11.3 Å². The van der Waals surface area contributed by atoms with Gasteiger partial charge in [-0.1, -0.05) is 35.9 Å². The Labute approximate surface area is 167 Å². The van der Waals surface area contributed by atoms with E-state index in [1.54, 1.807) is 17.0 Å². The number of nitrogens with zero attached hydrogens (tertiary/aromatic N) is 2. The first-order chi connectivity index (χ1) is 13.3. The largest absolute Gasteiger partial charge is 0.510 e. The molecule has 0 amide bonds. The van der Waals surface area contributed by atoms with Crippen molar-refractivity contribution in [1.82, 2.24) is 4.98 Å². The van der Waals surface area contributed by atoms with Gasteiger partial charge in [0.15, 0.2) is 0 Å². The second-order valence-electron chi connectivity index (χ2n) is 7.02. The molecule has 6 heteroatoms. The standard InChI is InChI=1S/C22H21N3O2S/c1-12-4-7-15(8-5-12)20-14(3)28-22(24-20)19-18(27)11-25(21(19)23)16-9-6-13(2)17(26)10-16/h4-10,23,26-27H,11H2,1-3H3. The minimum absolute atomic E-state index is 0.120. The zero-order valence-electron chi connectivity index (χ0n) is 15.9. The molecule has 0 spiro atoms. The predicted molar refractivity (Wildman–Crippen MR) is 114 cm³/mol. The summed E-state index contributed by atoms with van der Waals surface area (Å²) in [6.07, 6.45) is 0. The van der Waals surface area contributed by atoms with E-state index < -0.39 is 0 Å². The molecule has 0 saturated heterocycles. The number of amidine groups is 1. The highest BCUT2D eigenvalue weighted by atomic mass is 32.1. The van der Waals surface area contributed by atoms with Crippen LogP contribution in [0, 0.1) is 26.2 Å². The van der Waals surface area contributed by atoms with Gasteiger partial charge in [-0.15, -0.1) is 11.3 Å². The number of thiazole rings is 1. The van der Waals surface area contributed by atoms with Crippen LogP contribution < -0.4 is 4.90 Å². The summed E-state index contributed by atoms with van der Waals surface area (Å²) >= 11 is 1.48. The highest BCUT2D eigenvalue weighted by molar-refractivity contribution is 7.13. The Balaban J connectivity index is 1.68. The van der Waals surface area contributed by atoms with E-state index in [9.17, 15) is 10.2 Å². The summed E-state index contributed by atoms with van der Waals surface area (Å²) in [5, 5.41) is 29.8. The molecule has 2 aromatic carbocycles. The van der Waals surface area contributed by atoms with E-state index in [1.807, 2.05) is 51.1 Å². The number of aromatic hydroxyl groups is 1. The van der Waals surface area contributed by atoms with Crippen molar-refractivity contribution in [2.45, 2.75) is 20.8 Å². The number of aromatic nitrogens is 1. The van der Waals surface area contributed by atoms with Gasteiger partial charge in [-0.25, -0.2) is 4.98 Å². The topological polar surface area (TPSA) is 80.4 Å². The quantitative estimate of drug-likeness (QED) is 0.573. The third kappa shape index (κ3) is 3.05. The van der Waals surface area contributed by atoms with E-state index in [4.69, 9.17) is 10.4 Å². The van der Waals surface area contributed by atoms with E-state index in [1.165, 1.54) is 16.9 Å². The van der Waals surface area contributed by atoms with Crippen molar-refractivity contribution < 1.29 is 10.2 Å². The Morgan fingerprint density at radius 3 is 2.43 bits per heavy atom. The number of anilines is 1. The van der Waals surface area contributed by atoms with Crippen molar-refractivity contribution >= 4 is 28.4 Å². The Bertz CT molecular complexity index is 1110. The van der Waals surface area contributed by atoms with Crippen molar-refractivity contribution in [3.63, 3.8) is 0 Å². The van der Waals surface area contributed by atoms with Gasteiger partial charge in [-0.3, -0.25) is 5.41 Å². The van der Waals surface area contributed by atoms with Crippen LogP contribution in [0.15, 0.2) is 48.2 Å². The molecular formula is C22H21N3O2S. The molecule has 5 nitrogen and oxygen atoms in total. The Hall–Kier alpha value is -3.12. The van der Waals surface area contributed by atoms with Gasteiger partial charge in [0, 0.05) is 22.2 Å². The number of aryl methyl sites for hydroxylation is 3. The first-order valence-electron chi connectivity index (χ1n) is 8.98. The Kier molecular flexibility index (Phi) is 4.43. The van der Waals surface area contributed by atoms with Gasteiger partial charge in [0.2, 0.25) is 0 Å². The van der Waals surface area contributed by atoms with Crippen molar-refractivity contribution in [2.75, 3.05) is 11.4 Å². The molecule has 0 fully saturated rings. The monoisotopic (exact) mass is 391 g/mol. The van der Waals surface area contributed by atoms with Gasteiger partial charge in [-0.2, -0.15) is 0 Å². The molecule has 28 heavy (non-hydrogen) atoms. The number of rotatable bonds is 3. The summed E-state index contributed by atoms with van der Waals surface area (Å²) in [7, 11) is 0. The number of aliphatic hydroxyl groups is 1. The minimum Gasteiger partial charge on any atom is -0.510 e. The van der Waals surface area contributed by atoms with Crippen LogP contribution in [-0.4, -0.2) is 27.6 Å². The fourth-order valence-electron chi connectivity index (χ4n) is 3.27. The van der Waals surface area contributed by atoms with Crippen LogP contribution in [0.4, 0.5) is 5.69 Å². The first kappa shape index (κ1) is 18.3. The van der Waals surface area contributed by atoms with E-state index in [2.05, 4.69) is 0 Å². The highest BCUT2D eigenvalue weighted by Crippen LogP contribution is 2.37. The fourth-order valence-corrected chi connectivity index (χ4v) is 4.28. The highest BCUT2D eigenvalue weighted by Gasteiger charge is 2.32. The van der Waals surface area contributed by atoms with Gasteiger partial charge < -0.3 is 15.1 Å². The smallest absolute Gasteiger partial charge is 0.139 e. The molecule has 0 aliphatic carbocycles. The molecule has 3 N–H and O–H groups in total. The number of phenols is 1. The van der Waals surface area contributed by atoms with Crippen LogP contribution in [0.5, 0.6) is 5.75 Å². The maximum Gasteiger partial charge on any atom is 0.139 e. The lowest BCUT2D eigenvalue weighted by Crippen LogP contribution is -2.25. The maximum absolute atomic E-state index is 10.6. The zero-order chi connectivity index (χ0) is 20.0. The van der Waals surface area contributed by atoms with E-state index >= 15 is 0 Å². The molecule has 2 heterocycles. The molecule has 4 rings (SSSR count). The average molecular weight is 391 g/mol. The summed E-state index contributed by atoms with van der Waals surface area (Å²) in [5.41, 5.74) is 4.97. The van der Waals surface area contributed by atoms with Crippen LogP contribution in [0.1, 0.15) is 21.0 Å². The van der Waals surface area contributed by atoms with Crippen LogP contribution in [0.3, 0.4) is 0 Å². The van der Waals surface area contributed by atoms with Gasteiger partial charge in [0.1, 0.15) is 22.4 Å². The SMILES string of the molecule is Cc1ccc(-c2nc(C3=C(O)CN(c4ccc(C)c(O)c4)C3=N)sc2C)cc1.